The quantitative estimate of drug-likeness (QED) is 0.406. The fraction of sp³-hybridized carbons (Fsp3) is 0.208. The molecule has 0 radical (unpaired) electrons. The lowest BCUT2D eigenvalue weighted by molar-refractivity contribution is 0.598. The zero-order chi connectivity index (χ0) is 20.9. The van der Waals surface area contributed by atoms with E-state index in [0.29, 0.717) is 0 Å². The summed E-state index contributed by atoms with van der Waals surface area (Å²) in [5.41, 5.74) is 6.80. The second-order valence-electron chi connectivity index (χ2n) is 7.88. The van der Waals surface area contributed by atoms with E-state index < -0.39 is 10.0 Å². The number of hydrogen-bond donors (Lipinski definition) is 1. The Morgan fingerprint density at radius 3 is 2.42 bits per heavy atom. The number of rotatable bonds is 3. The average Bonchev–Trinajstić information content (AvgIpc) is 3.11. The van der Waals surface area contributed by atoms with Crippen molar-refractivity contribution in [1.82, 2.24) is 4.98 Å². The lowest BCUT2D eigenvalue weighted by Gasteiger charge is -2.14. The van der Waals surface area contributed by atoms with Crippen molar-refractivity contribution in [3.05, 3.63) is 70.6 Å². The van der Waals surface area contributed by atoms with E-state index >= 15 is 0 Å². The van der Waals surface area contributed by atoms with Crippen LogP contribution in [0.2, 0.25) is 0 Å². The maximum Gasteiger partial charge on any atom is 0.238 e. The van der Waals surface area contributed by atoms with Gasteiger partial charge >= 0.3 is 0 Å². The van der Waals surface area contributed by atoms with Crippen molar-refractivity contribution in [1.29, 1.82) is 0 Å². The van der Waals surface area contributed by atoms with E-state index in [-0.39, 0.29) is 17.3 Å². The number of hydrogen-bond acceptors (Lipinski definition) is 4. The van der Waals surface area contributed by atoms with Crippen molar-refractivity contribution in [3.63, 3.8) is 0 Å². The fourth-order valence-electron chi connectivity index (χ4n) is 4.26. The van der Waals surface area contributed by atoms with E-state index in [1.807, 2.05) is 0 Å². The Morgan fingerprint density at radius 1 is 0.968 bits per heavy atom. The molecular weight excluding hydrogens is 448 g/mol. The van der Waals surface area contributed by atoms with Crippen LogP contribution in [0.5, 0.6) is 0 Å². The summed E-state index contributed by atoms with van der Waals surface area (Å²) in [5, 5.41) is 6.53. The highest BCUT2D eigenvalue weighted by atomic mass is 35.5. The Balaban J connectivity index is 0.00000231. The molecule has 4 nitrogen and oxygen atoms in total. The molecule has 0 saturated carbocycles. The average molecular weight is 471 g/mol. The molecule has 4 aromatic rings. The third-order valence-electron chi connectivity index (χ3n) is 5.73. The molecule has 0 saturated heterocycles. The number of nitrogens with two attached hydrogens (primary N) is 1. The smallest absolute Gasteiger partial charge is 0.237 e. The standard InChI is InChI=1S/C24H22N2O2S2.ClH/c1-15-5-4-6-17(13-15)20-14-21(16-9-11-18(12-10-16)30(25,27)28)26-24-23(20)19-7-2-3-8-22(19)29-24;/h4-6,9-14H,2-3,7-8H2,1H3,(H2,25,27,28);1H. The number of thiophene rings is 1. The van der Waals surface area contributed by atoms with Gasteiger partial charge in [0.1, 0.15) is 4.83 Å². The highest BCUT2D eigenvalue weighted by molar-refractivity contribution is 7.89. The van der Waals surface area contributed by atoms with Crippen LogP contribution in [0.1, 0.15) is 28.8 Å². The molecule has 0 fully saturated rings. The van der Waals surface area contributed by atoms with Gasteiger partial charge in [-0.05, 0) is 67.5 Å². The molecule has 0 spiro atoms. The molecule has 0 atom stereocenters. The Labute approximate surface area is 192 Å². The summed E-state index contributed by atoms with van der Waals surface area (Å²) in [7, 11) is -3.71. The molecule has 1 aliphatic rings. The Hall–Kier alpha value is -2.25. The number of benzene rings is 2. The molecule has 1 aliphatic carbocycles. The van der Waals surface area contributed by atoms with Gasteiger partial charge in [0.25, 0.3) is 0 Å². The van der Waals surface area contributed by atoms with Crippen molar-refractivity contribution in [2.24, 2.45) is 5.14 Å². The Bertz CT molecular complexity index is 1380. The number of aryl methyl sites for hydroxylation is 3. The second-order valence-corrected chi connectivity index (χ2v) is 10.5. The minimum absolute atomic E-state index is 0. The molecule has 0 amide bonds. The first kappa shape index (κ1) is 22.0. The minimum atomic E-state index is -3.71. The number of sulfonamides is 1. The predicted molar refractivity (Wildman–Crippen MR) is 130 cm³/mol. The maximum atomic E-state index is 11.6. The van der Waals surface area contributed by atoms with Crippen LogP contribution < -0.4 is 5.14 Å². The highest BCUT2D eigenvalue weighted by Crippen LogP contribution is 2.42. The van der Waals surface area contributed by atoms with Gasteiger partial charge in [-0.1, -0.05) is 42.0 Å². The maximum absolute atomic E-state index is 11.6. The Kier molecular flexibility index (Phi) is 5.92. The van der Waals surface area contributed by atoms with Gasteiger partial charge in [-0.2, -0.15) is 0 Å². The zero-order valence-electron chi connectivity index (χ0n) is 17.1. The second kappa shape index (κ2) is 8.36. The van der Waals surface area contributed by atoms with Crippen molar-refractivity contribution in [2.45, 2.75) is 37.5 Å². The van der Waals surface area contributed by atoms with Crippen LogP contribution in [0.3, 0.4) is 0 Å². The summed E-state index contributed by atoms with van der Waals surface area (Å²) in [6.07, 6.45) is 4.70. The molecule has 0 bridgehead atoms. The molecule has 0 aliphatic heterocycles. The Morgan fingerprint density at radius 2 is 1.71 bits per heavy atom. The van der Waals surface area contributed by atoms with Crippen LogP contribution in [-0.2, 0) is 22.9 Å². The van der Waals surface area contributed by atoms with Crippen molar-refractivity contribution in [3.8, 4) is 22.4 Å². The first-order chi connectivity index (χ1) is 14.4. The van der Waals surface area contributed by atoms with Gasteiger partial charge in [0.05, 0.1) is 10.6 Å². The lowest BCUT2D eigenvalue weighted by atomic mass is 9.91. The van der Waals surface area contributed by atoms with Crippen molar-refractivity contribution < 1.29 is 8.42 Å². The predicted octanol–water partition coefficient (Wildman–Crippen LogP) is 5.89. The summed E-state index contributed by atoms with van der Waals surface area (Å²) >= 11 is 1.80. The van der Waals surface area contributed by atoms with Crippen LogP contribution >= 0.6 is 23.7 Å². The van der Waals surface area contributed by atoms with E-state index in [1.165, 1.54) is 45.4 Å². The van der Waals surface area contributed by atoms with Gasteiger partial charge in [0.2, 0.25) is 10.0 Å². The molecule has 160 valence electrons. The monoisotopic (exact) mass is 470 g/mol. The number of fused-ring (bicyclic) bond motifs is 3. The number of nitrogens with zero attached hydrogens (tertiary/aromatic N) is 1. The van der Waals surface area contributed by atoms with E-state index in [1.54, 1.807) is 35.6 Å². The normalized spacial score (nSPS) is 13.6. The third kappa shape index (κ3) is 4.13. The van der Waals surface area contributed by atoms with Gasteiger partial charge in [-0.15, -0.1) is 23.7 Å². The molecule has 2 aromatic carbocycles. The van der Waals surface area contributed by atoms with E-state index in [4.69, 9.17) is 10.1 Å². The summed E-state index contributed by atoms with van der Waals surface area (Å²) in [6.45, 7) is 2.11. The van der Waals surface area contributed by atoms with E-state index in [2.05, 4.69) is 37.3 Å². The first-order valence-electron chi connectivity index (χ1n) is 10.1. The number of primary sulfonamides is 1. The fourth-order valence-corrected chi connectivity index (χ4v) is 6.06. The summed E-state index contributed by atoms with van der Waals surface area (Å²) in [5.74, 6) is 0. The molecule has 5 rings (SSSR count). The summed E-state index contributed by atoms with van der Waals surface area (Å²) in [4.78, 5) is 7.62. The van der Waals surface area contributed by atoms with Gasteiger partial charge in [-0.25, -0.2) is 18.5 Å². The number of halogens is 1. The molecule has 7 heteroatoms. The van der Waals surface area contributed by atoms with E-state index in [9.17, 15) is 8.42 Å². The van der Waals surface area contributed by atoms with Gasteiger partial charge in [0, 0.05) is 15.8 Å². The molecule has 2 aromatic heterocycles. The van der Waals surface area contributed by atoms with Gasteiger partial charge in [0.15, 0.2) is 0 Å². The largest absolute Gasteiger partial charge is 0.238 e. The van der Waals surface area contributed by atoms with Crippen LogP contribution in [-0.4, -0.2) is 13.4 Å². The number of aromatic nitrogens is 1. The topological polar surface area (TPSA) is 73.1 Å². The number of pyridine rings is 1. The van der Waals surface area contributed by atoms with E-state index in [0.717, 1.165) is 28.9 Å². The van der Waals surface area contributed by atoms with Crippen molar-refractivity contribution in [2.75, 3.05) is 0 Å². The minimum Gasteiger partial charge on any atom is -0.237 e. The van der Waals surface area contributed by atoms with Crippen molar-refractivity contribution >= 4 is 44.0 Å². The molecule has 0 unspecified atom stereocenters. The summed E-state index contributed by atoms with van der Waals surface area (Å²) in [6, 6.07) is 17.4. The SMILES string of the molecule is Cc1cccc(-c2cc(-c3ccc(S(N)(=O)=O)cc3)nc3sc4c(c23)CCCC4)c1.Cl. The van der Waals surface area contributed by atoms with Crippen LogP contribution in [0.25, 0.3) is 32.6 Å². The third-order valence-corrected chi connectivity index (χ3v) is 7.85. The van der Waals surface area contributed by atoms with Gasteiger partial charge < -0.3 is 0 Å². The zero-order valence-corrected chi connectivity index (χ0v) is 19.5. The first-order valence-corrected chi connectivity index (χ1v) is 12.4. The lowest BCUT2D eigenvalue weighted by Crippen LogP contribution is -2.11. The van der Waals surface area contributed by atoms with Crippen LogP contribution in [0.4, 0.5) is 0 Å². The van der Waals surface area contributed by atoms with Gasteiger partial charge in [-0.3, -0.25) is 0 Å². The van der Waals surface area contributed by atoms with Crippen LogP contribution in [0, 0.1) is 6.92 Å². The molecule has 2 heterocycles. The molecule has 2 N–H and O–H groups in total. The molecular formula is C24H23ClN2O2S2. The molecule has 31 heavy (non-hydrogen) atoms. The van der Waals surface area contributed by atoms with Crippen LogP contribution in [0.15, 0.2) is 59.5 Å². The summed E-state index contributed by atoms with van der Waals surface area (Å²) < 4.78 is 23.2. The highest BCUT2D eigenvalue weighted by Gasteiger charge is 2.21.